The van der Waals surface area contributed by atoms with E-state index >= 15 is 0 Å². The van der Waals surface area contributed by atoms with Gasteiger partial charge in [0, 0.05) is 11.8 Å². The molecular weight excluding hydrogens is 298 g/mol. The van der Waals surface area contributed by atoms with Crippen LogP contribution < -0.4 is 10.6 Å². The maximum atomic E-state index is 4.52. The van der Waals surface area contributed by atoms with Gasteiger partial charge in [-0.3, -0.25) is 4.57 Å². The van der Waals surface area contributed by atoms with Gasteiger partial charge in [-0.05, 0) is 49.2 Å². The van der Waals surface area contributed by atoms with Crippen LogP contribution in [0.1, 0.15) is 11.1 Å². The molecule has 2 N–H and O–H groups in total. The summed E-state index contributed by atoms with van der Waals surface area (Å²) in [7, 11) is 0. The Bertz CT molecular complexity index is 937. The number of anilines is 1. The van der Waals surface area contributed by atoms with Crippen LogP contribution in [0, 0.1) is 13.8 Å². The number of fused-ring (bicyclic) bond motifs is 1. The van der Waals surface area contributed by atoms with Gasteiger partial charge in [-0.25, -0.2) is 9.98 Å². The van der Waals surface area contributed by atoms with E-state index in [1.54, 1.807) is 6.34 Å². The number of nitrogens with zero attached hydrogens (tertiary/aromatic N) is 3. The van der Waals surface area contributed by atoms with Crippen LogP contribution in [0.4, 0.5) is 5.69 Å². The second-order valence-electron chi connectivity index (χ2n) is 5.97. The van der Waals surface area contributed by atoms with Crippen molar-refractivity contribution in [3.05, 3.63) is 66.0 Å². The summed E-state index contributed by atoms with van der Waals surface area (Å²) in [6, 6.07) is 14.4. The van der Waals surface area contributed by atoms with Gasteiger partial charge in [0.1, 0.15) is 18.3 Å². The van der Waals surface area contributed by atoms with Crippen LogP contribution >= 0.6 is 0 Å². The fraction of sp³-hybridized carbons (Fsp3) is 0.158. The van der Waals surface area contributed by atoms with Gasteiger partial charge in [0.15, 0.2) is 0 Å². The molecule has 1 unspecified atom stereocenters. The molecule has 4 rings (SSSR count). The van der Waals surface area contributed by atoms with Gasteiger partial charge in [0.2, 0.25) is 0 Å². The summed E-state index contributed by atoms with van der Waals surface area (Å²) in [5.41, 5.74) is 5.64. The molecule has 0 spiro atoms. The first kappa shape index (κ1) is 14.5. The number of aliphatic imine (C=N–C) groups is 1. The predicted molar refractivity (Wildman–Crippen MR) is 99.0 cm³/mol. The molecule has 2 heterocycles. The summed E-state index contributed by atoms with van der Waals surface area (Å²) in [6.45, 7) is 4.23. The van der Waals surface area contributed by atoms with Gasteiger partial charge < -0.3 is 10.6 Å². The first-order chi connectivity index (χ1) is 11.7. The molecule has 5 heteroatoms. The van der Waals surface area contributed by atoms with Crippen molar-refractivity contribution in [1.29, 1.82) is 0 Å². The Morgan fingerprint density at radius 1 is 1.08 bits per heavy atom. The fourth-order valence-corrected chi connectivity index (χ4v) is 2.81. The van der Waals surface area contributed by atoms with Gasteiger partial charge in [0.25, 0.3) is 0 Å². The quantitative estimate of drug-likeness (QED) is 0.777. The summed E-state index contributed by atoms with van der Waals surface area (Å²) in [5.74, 6) is 0.948. The largest absolute Gasteiger partial charge is 0.360 e. The van der Waals surface area contributed by atoms with Gasteiger partial charge in [-0.1, -0.05) is 18.2 Å². The Balaban J connectivity index is 1.67. The molecule has 0 aliphatic carbocycles. The average molecular weight is 317 g/mol. The van der Waals surface area contributed by atoms with Crippen molar-refractivity contribution in [1.82, 2.24) is 14.9 Å². The number of aryl methyl sites for hydroxylation is 2. The molecule has 5 nitrogen and oxygen atoms in total. The fourth-order valence-electron chi connectivity index (χ4n) is 2.81. The third-order valence-corrected chi connectivity index (χ3v) is 4.27. The zero-order chi connectivity index (χ0) is 16.5. The number of rotatable bonds is 3. The first-order valence-electron chi connectivity index (χ1n) is 7.97. The molecule has 0 radical (unpaired) electrons. The van der Waals surface area contributed by atoms with E-state index in [9.17, 15) is 0 Å². The minimum atomic E-state index is -0.118. The minimum absolute atomic E-state index is 0.118. The highest BCUT2D eigenvalue weighted by atomic mass is 15.2. The van der Waals surface area contributed by atoms with Crippen molar-refractivity contribution in [2.75, 3.05) is 5.32 Å². The topological polar surface area (TPSA) is 54.2 Å². The molecule has 1 aromatic heterocycles. The van der Waals surface area contributed by atoms with Gasteiger partial charge in [-0.2, -0.15) is 0 Å². The van der Waals surface area contributed by atoms with Crippen molar-refractivity contribution in [2.45, 2.75) is 20.0 Å². The monoisotopic (exact) mass is 317 g/mol. The Kier molecular flexibility index (Phi) is 3.54. The van der Waals surface area contributed by atoms with E-state index in [0.29, 0.717) is 0 Å². The molecule has 0 saturated heterocycles. The first-order valence-corrected chi connectivity index (χ1v) is 7.97. The van der Waals surface area contributed by atoms with Crippen LogP contribution in [0.15, 0.2) is 59.9 Å². The summed E-state index contributed by atoms with van der Waals surface area (Å²) < 4.78 is 2.06. The lowest BCUT2D eigenvalue weighted by atomic mass is 10.1. The molecule has 1 aliphatic heterocycles. The van der Waals surface area contributed by atoms with Crippen LogP contribution in [0.5, 0.6) is 0 Å². The van der Waals surface area contributed by atoms with Crippen LogP contribution in [-0.2, 0) is 0 Å². The highest BCUT2D eigenvalue weighted by Crippen LogP contribution is 2.22. The van der Waals surface area contributed by atoms with Crippen LogP contribution in [0.2, 0.25) is 0 Å². The van der Waals surface area contributed by atoms with Crippen LogP contribution in [0.25, 0.3) is 16.9 Å². The highest BCUT2D eigenvalue weighted by Gasteiger charge is 2.13. The number of para-hydroxylation sites is 1. The summed E-state index contributed by atoms with van der Waals surface area (Å²) in [5, 5.41) is 6.61. The maximum absolute atomic E-state index is 4.52. The summed E-state index contributed by atoms with van der Waals surface area (Å²) in [4.78, 5) is 8.96. The predicted octanol–water partition coefficient (Wildman–Crippen LogP) is 3.52. The Labute approximate surface area is 140 Å². The summed E-state index contributed by atoms with van der Waals surface area (Å²) in [6.07, 6.45) is 5.51. The molecule has 0 amide bonds. The van der Waals surface area contributed by atoms with E-state index in [0.717, 1.165) is 22.5 Å². The number of aromatic nitrogens is 2. The van der Waals surface area contributed by atoms with E-state index in [2.05, 4.69) is 57.2 Å². The normalized spacial score (nSPS) is 16.8. The smallest absolute Gasteiger partial charge is 0.143 e. The van der Waals surface area contributed by atoms with Crippen molar-refractivity contribution in [3.63, 3.8) is 0 Å². The lowest BCUT2D eigenvalue weighted by molar-refractivity contribution is 0.889. The number of nitrogens with one attached hydrogen (secondary N) is 2. The lowest BCUT2D eigenvalue weighted by Gasteiger charge is -2.20. The molecule has 3 aromatic rings. The second-order valence-corrected chi connectivity index (χ2v) is 5.97. The molecule has 120 valence electrons. The zero-order valence-electron chi connectivity index (χ0n) is 13.7. The molecule has 1 atom stereocenters. The van der Waals surface area contributed by atoms with Crippen LogP contribution in [0.3, 0.4) is 0 Å². The molecule has 1 aliphatic rings. The van der Waals surface area contributed by atoms with E-state index in [-0.39, 0.29) is 6.17 Å². The molecule has 2 aromatic carbocycles. The molecule has 24 heavy (non-hydrogen) atoms. The van der Waals surface area contributed by atoms with Crippen molar-refractivity contribution in [3.8, 4) is 0 Å². The second kappa shape index (κ2) is 5.85. The SMILES string of the molecule is Cc1cc2ncn(C3=CC(Nc4ccccc4)N=CN3)c2cc1C. The Hall–Kier alpha value is -3.08. The summed E-state index contributed by atoms with van der Waals surface area (Å²) >= 11 is 0. The number of hydrogen-bond donors (Lipinski definition) is 2. The lowest BCUT2D eigenvalue weighted by Crippen LogP contribution is -2.26. The number of imidazole rings is 1. The third-order valence-electron chi connectivity index (χ3n) is 4.27. The van der Waals surface area contributed by atoms with Crippen molar-refractivity contribution < 1.29 is 0 Å². The van der Waals surface area contributed by atoms with Gasteiger partial charge in [0.05, 0.1) is 17.4 Å². The van der Waals surface area contributed by atoms with Crippen molar-refractivity contribution in [2.24, 2.45) is 4.99 Å². The molecule has 0 bridgehead atoms. The van der Waals surface area contributed by atoms with Gasteiger partial charge in [-0.15, -0.1) is 0 Å². The number of benzene rings is 2. The van der Waals surface area contributed by atoms with E-state index in [1.165, 1.54) is 11.1 Å². The minimum Gasteiger partial charge on any atom is -0.360 e. The van der Waals surface area contributed by atoms with Gasteiger partial charge >= 0.3 is 0 Å². The van der Waals surface area contributed by atoms with E-state index in [1.807, 2.05) is 36.7 Å². The number of hydrogen-bond acceptors (Lipinski definition) is 4. The maximum Gasteiger partial charge on any atom is 0.143 e. The van der Waals surface area contributed by atoms with Crippen LogP contribution in [-0.4, -0.2) is 22.1 Å². The zero-order valence-corrected chi connectivity index (χ0v) is 13.7. The Morgan fingerprint density at radius 2 is 1.88 bits per heavy atom. The molecule has 0 fully saturated rings. The van der Waals surface area contributed by atoms with Crippen molar-refractivity contribution >= 4 is 28.9 Å². The van der Waals surface area contributed by atoms with E-state index in [4.69, 9.17) is 0 Å². The third kappa shape index (κ3) is 2.65. The average Bonchev–Trinajstić information content (AvgIpc) is 2.99. The standard InChI is InChI=1S/C19H19N5/c1-13-8-16-17(9-14(13)2)24(12-22-16)19-10-18(20-11-21-19)23-15-6-4-3-5-7-15/h3-12,18,23H,1-2H3,(H,20,21). The molecular formula is C19H19N5. The highest BCUT2D eigenvalue weighted by molar-refractivity contribution is 5.83. The van der Waals surface area contributed by atoms with E-state index < -0.39 is 0 Å². The molecule has 0 saturated carbocycles. The Morgan fingerprint density at radius 3 is 2.71 bits per heavy atom.